The van der Waals surface area contributed by atoms with Crippen molar-refractivity contribution in [3.63, 3.8) is 0 Å². The summed E-state index contributed by atoms with van der Waals surface area (Å²) in [6.07, 6.45) is 10.6. The SMILES string of the molecule is O=C1O[C@]2(CC[C@H](C(=O)N[C@H]3CC[C@H](c4ccccc4)CC3)CC2)c2ccncc21. The lowest BCUT2D eigenvalue weighted by Gasteiger charge is -2.37. The molecule has 2 aromatic rings. The van der Waals surface area contributed by atoms with Gasteiger partial charge in [0.2, 0.25) is 5.91 Å². The molecule has 1 amide bonds. The Labute approximate surface area is 177 Å². The van der Waals surface area contributed by atoms with E-state index in [9.17, 15) is 9.59 Å². The van der Waals surface area contributed by atoms with Crippen molar-refractivity contribution in [1.82, 2.24) is 10.3 Å². The number of carbonyl (C=O) groups excluding carboxylic acids is 2. The highest BCUT2D eigenvalue weighted by Crippen LogP contribution is 2.48. The molecule has 1 aliphatic heterocycles. The molecule has 1 aromatic carbocycles. The van der Waals surface area contributed by atoms with Gasteiger partial charge in [-0.05, 0) is 68.9 Å². The number of rotatable bonds is 3. The Kier molecular flexibility index (Phi) is 5.05. The molecule has 0 radical (unpaired) electrons. The third-order valence-corrected chi connectivity index (χ3v) is 7.33. The number of ether oxygens (including phenoxy) is 1. The Hall–Kier alpha value is -2.69. The second-order valence-electron chi connectivity index (χ2n) is 9.05. The van der Waals surface area contributed by atoms with Crippen LogP contribution in [0.15, 0.2) is 48.8 Å². The normalized spacial score (nSPS) is 30.5. The van der Waals surface area contributed by atoms with E-state index in [1.54, 1.807) is 12.4 Å². The maximum Gasteiger partial charge on any atom is 0.341 e. The fourth-order valence-corrected chi connectivity index (χ4v) is 5.57. The lowest BCUT2D eigenvalue weighted by molar-refractivity contribution is -0.129. The minimum atomic E-state index is -0.556. The number of carbonyl (C=O) groups is 2. The summed E-state index contributed by atoms with van der Waals surface area (Å²) in [6.45, 7) is 0. The van der Waals surface area contributed by atoms with Gasteiger partial charge in [-0.2, -0.15) is 0 Å². The third kappa shape index (κ3) is 3.51. The summed E-state index contributed by atoms with van der Waals surface area (Å²) >= 11 is 0. The average molecular weight is 405 g/mol. The molecular formula is C25H28N2O3. The zero-order valence-electron chi connectivity index (χ0n) is 17.2. The molecule has 2 saturated carbocycles. The Morgan fingerprint density at radius 1 is 1.00 bits per heavy atom. The quantitative estimate of drug-likeness (QED) is 0.766. The lowest BCUT2D eigenvalue weighted by atomic mass is 9.74. The lowest BCUT2D eigenvalue weighted by Crippen LogP contribution is -2.43. The Morgan fingerprint density at radius 2 is 1.73 bits per heavy atom. The van der Waals surface area contributed by atoms with Gasteiger partial charge in [-0.3, -0.25) is 9.78 Å². The first-order valence-corrected chi connectivity index (χ1v) is 11.2. The first-order valence-electron chi connectivity index (χ1n) is 11.2. The van der Waals surface area contributed by atoms with Crippen LogP contribution in [0.4, 0.5) is 0 Å². The highest BCUT2D eigenvalue weighted by Gasteiger charge is 2.48. The van der Waals surface area contributed by atoms with Crippen LogP contribution in [-0.4, -0.2) is 22.9 Å². The molecule has 2 heterocycles. The average Bonchev–Trinajstić information content (AvgIpc) is 3.07. The van der Waals surface area contributed by atoms with Crippen molar-refractivity contribution in [3.8, 4) is 0 Å². The van der Waals surface area contributed by atoms with Crippen LogP contribution in [-0.2, 0) is 15.1 Å². The van der Waals surface area contributed by atoms with E-state index in [0.717, 1.165) is 44.1 Å². The first-order chi connectivity index (χ1) is 14.6. The van der Waals surface area contributed by atoms with E-state index in [1.807, 2.05) is 6.07 Å². The summed E-state index contributed by atoms with van der Waals surface area (Å²) in [5, 5.41) is 3.31. The molecule has 1 aromatic heterocycles. The van der Waals surface area contributed by atoms with Crippen molar-refractivity contribution in [3.05, 3.63) is 65.5 Å². The molecule has 156 valence electrons. The number of amides is 1. The molecule has 5 nitrogen and oxygen atoms in total. The fraction of sp³-hybridized carbons (Fsp3) is 0.480. The third-order valence-electron chi connectivity index (χ3n) is 7.33. The van der Waals surface area contributed by atoms with E-state index in [-0.39, 0.29) is 23.8 Å². The monoisotopic (exact) mass is 404 g/mol. The molecule has 0 atom stereocenters. The molecule has 1 N–H and O–H groups in total. The van der Waals surface area contributed by atoms with Gasteiger partial charge in [-0.1, -0.05) is 30.3 Å². The highest BCUT2D eigenvalue weighted by atomic mass is 16.6. The van der Waals surface area contributed by atoms with Crippen LogP contribution in [0.2, 0.25) is 0 Å². The van der Waals surface area contributed by atoms with E-state index >= 15 is 0 Å². The standard InChI is InChI=1S/C25H28N2O3/c28-23(27-20-8-6-18(7-9-20)17-4-2-1-3-5-17)19-10-13-25(14-11-19)22-12-15-26-16-21(22)24(29)30-25/h1-5,12,15-16,18-20H,6-11,13-14H2,(H,27,28)/t18-,19-,20-,25-. The number of fused-ring (bicyclic) bond motifs is 2. The highest BCUT2D eigenvalue weighted by molar-refractivity contribution is 5.94. The van der Waals surface area contributed by atoms with E-state index in [0.29, 0.717) is 24.3 Å². The van der Waals surface area contributed by atoms with Crippen molar-refractivity contribution >= 4 is 11.9 Å². The summed E-state index contributed by atoms with van der Waals surface area (Å²) in [5.41, 5.74) is 2.39. The Balaban J connectivity index is 1.15. The molecule has 30 heavy (non-hydrogen) atoms. The van der Waals surface area contributed by atoms with Gasteiger partial charge in [0, 0.05) is 29.9 Å². The zero-order valence-corrected chi connectivity index (χ0v) is 17.2. The molecule has 0 bridgehead atoms. The second-order valence-corrected chi connectivity index (χ2v) is 9.05. The fourth-order valence-electron chi connectivity index (χ4n) is 5.57. The van der Waals surface area contributed by atoms with Gasteiger partial charge in [0.25, 0.3) is 0 Å². The number of benzene rings is 1. The number of hydrogen-bond donors (Lipinski definition) is 1. The van der Waals surface area contributed by atoms with Gasteiger partial charge in [-0.25, -0.2) is 4.79 Å². The number of nitrogens with one attached hydrogen (secondary N) is 1. The molecule has 0 unspecified atom stereocenters. The van der Waals surface area contributed by atoms with Crippen LogP contribution in [0.1, 0.15) is 78.8 Å². The summed E-state index contributed by atoms with van der Waals surface area (Å²) < 4.78 is 5.78. The smallest absolute Gasteiger partial charge is 0.341 e. The molecule has 0 saturated heterocycles. The van der Waals surface area contributed by atoms with Crippen molar-refractivity contribution < 1.29 is 14.3 Å². The number of esters is 1. The van der Waals surface area contributed by atoms with Crippen LogP contribution in [0.25, 0.3) is 0 Å². The summed E-state index contributed by atoms with van der Waals surface area (Å²) in [7, 11) is 0. The zero-order chi connectivity index (χ0) is 20.6. The Bertz CT molecular complexity index is 926. The number of pyridine rings is 1. The predicted molar refractivity (Wildman–Crippen MR) is 113 cm³/mol. The van der Waals surface area contributed by atoms with Crippen LogP contribution >= 0.6 is 0 Å². The van der Waals surface area contributed by atoms with E-state index in [1.165, 1.54) is 5.56 Å². The van der Waals surface area contributed by atoms with E-state index in [4.69, 9.17) is 4.74 Å². The van der Waals surface area contributed by atoms with Gasteiger partial charge in [0.1, 0.15) is 5.60 Å². The van der Waals surface area contributed by atoms with Crippen molar-refractivity contribution in [2.24, 2.45) is 5.92 Å². The molecule has 5 rings (SSSR count). The van der Waals surface area contributed by atoms with Crippen LogP contribution in [0.5, 0.6) is 0 Å². The summed E-state index contributed by atoms with van der Waals surface area (Å²) in [5.74, 6) is 0.510. The summed E-state index contributed by atoms with van der Waals surface area (Å²) in [4.78, 5) is 29.2. The van der Waals surface area contributed by atoms with Gasteiger partial charge >= 0.3 is 5.97 Å². The molecule has 1 spiro atoms. The van der Waals surface area contributed by atoms with Crippen molar-refractivity contribution in [2.45, 2.75) is 68.9 Å². The second kappa shape index (κ2) is 7.86. The van der Waals surface area contributed by atoms with Gasteiger partial charge in [0.15, 0.2) is 0 Å². The maximum absolute atomic E-state index is 12.9. The van der Waals surface area contributed by atoms with Crippen molar-refractivity contribution in [1.29, 1.82) is 0 Å². The summed E-state index contributed by atoms with van der Waals surface area (Å²) in [6, 6.07) is 12.9. The number of nitrogens with zero attached hydrogens (tertiary/aromatic N) is 1. The minimum absolute atomic E-state index is 0.00654. The number of hydrogen-bond acceptors (Lipinski definition) is 4. The molecule has 2 aliphatic carbocycles. The van der Waals surface area contributed by atoms with Crippen LogP contribution in [0, 0.1) is 5.92 Å². The van der Waals surface area contributed by atoms with Gasteiger partial charge in [-0.15, -0.1) is 0 Å². The molecular weight excluding hydrogens is 376 g/mol. The predicted octanol–water partition coefficient (Wildman–Crippen LogP) is 4.48. The molecule has 3 aliphatic rings. The molecule has 2 fully saturated rings. The largest absolute Gasteiger partial charge is 0.451 e. The van der Waals surface area contributed by atoms with E-state index in [2.05, 4.69) is 40.6 Å². The van der Waals surface area contributed by atoms with Crippen LogP contribution in [0.3, 0.4) is 0 Å². The van der Waals surface area contributed by atoms with E-state index < -0.39 is 5.60 Å². The Morgan fingerprint density at radius 3 is 2.47 bits per heavy atom. The van der Waals surface area contributed by atoms with Gasteiger partial charge in [0.05, 0.1) is 5.56 Å². The minimum Gasteiger partial charge on any atom is -0.451 e. The maximum atomic E-state index is 12.9. The van der Waals surface area contributed by atoms with Crippen molar-refractivity contribution in [2.75, 3.05) is 0 Å². The topological polar surface area (TPSA) is 68.3 Å². The first kappa shape index (κ1) is 19.3. The molecule has 5 heteroatoms. The van der Waals surface area contributed by atoms with Gasteiger partial charge < -0.3 is 10.1 Å². The van der Waals surface area contributed by atoms with Crippen LogP contribution < -0.4 is 5.32 Å². The number of aromatic nitrogens is 1.